The molecule has 47 heavy (non-hydrogen) atoms. The molecule has 0 radical (unpaired) electrons. The van der Waals surface area contributed by atoms with E-state index >= 15 is 0 Å². The molecule has 4 fully saturated rings. The minimum absolute atomic E-state index is 0.00454. The summed E-state index contributed by atoms with van der Waals surface area (Å²) >= 11 is 6.09. The topological polar surface area (TPSA) is 109 Å². The third-order valence-corrected chi connectivity index (χ3v) is 11.1. The zero-order valence-corrected chi connectivity index (χ0v) is 28.5. The van der Waals surface area contributed by atoms with Gasteiger partial charge >= 0.3 is 0 Å². The Kier molecular flexibility index (Phi) is 8.10. The number of imidazole rings is 1. The standard InChI is InChI=1S/C36H43ClN8O2/c1-21-17-44(19-32(46)39-21)35(42-29-15-24-14-28(22(29)2)36(24,3)4)40-26-10-11-27-30(16-26)41-33(31-18-43(5)20-38-31)45(34(27)47)13-12-23-6-8-25(37)9-7-23/h6-11,16,18,20-22,24,28-29H,12-15,17,19H2,1-5H3,(H,39,46)(H,40,42)/t21-,22-,24+,28-,29?/m0/s1. The number of carbonyl (C=O) groups is 1. The van der Waals surface area contributed by atoms with Crippen LogP contribution in [0, 0.1) is 23.2 Å². The van der Waals surface area contributed by atoms with Crippen molar-refractivity contribution in [3.05, 3.63) is 75.9 Å². The average molecular weight is 655 g/mol. The molecule has 2 aromatic heterocycles. The first-order chi connectivity index (χ1) is 22.5. The highest BCUT2D eigenvalue weighted by Crippen LogP contribution is 2.61. The highest BCUT2D eigenvalue weighted by molar-refractivity contribution is 6.30. The maximum absolute atomic E-state index is 14.0. The number of aliphatic imine (C=N–C) groups is 1. The van der Waals surface area contributed by atoms with E-state index in [1.54, 1.807) is 10.9 Å². The summed E-state index contributed by atoms with van der Waals surface area (Å²) < 4.78 is 3.56. The number of rotatable bonds is 6. The minimum atomic E-state index is -0.121. The van der Waals surface area contributed by atoms with Gasteiger partial charge in [-0.1, -0.05) is 44.5 Å². The number of halogens is 1. The molecule has 3 aliphatic carbocycles. The fraction of sp³-hybridized carbons (Fsp3) is 0.472. The molecule has 3 heterocycles. The predicted molar refractivity (Wildman–Crippen MR) is 187 cm³/mol. The van der Waals surface area contributed by atoms with E-state index in [1.165, 1.54) is 6.42 Å². The van der Waals surface area contributed by atoms with E-state index in [9.17, 15) is 9.59 Å². The van der Waals surface area contributed by atoms with E-state index in [2.05, 4.69) is 36.4 Å². The van der Waals surface area contributed by atoms with Gasteiger partial charge in [0, 0.05) is 43.1 Å². The molecule has 10 nitrogen and oxygen atoms in total. The number of aryl methyl sites for hydroxylation is 2. The van der Waals surface area contributed by atoms with Crippen molar-refractivity contribution in [2.75, 3.05) is 18.4 Å². The van der Waals surface area contributed by atoms with Crippen LogP contribution < -0.4 is 16.2 Å². The first kappa shape index (κ1) is 31.4. The van der Waals surface area contributed by atoms with Crippen molar-refractivity contribution in [3.8, 4) is 11.5 Å². The molecule has 5 atom stereocenters. The van der Waals surface area contributed by atoms with Crippen LogP contribution in [0.2, 0.25) is 5.02 Å². The summed E-state index contributed by atoms with van der Waals surface area (Å²) in [6, 6.07) is 13.5. The first-order valence-electron chi connectivity index (χ1n) is 16.6. The van der Waals surface area contributed by atoms with Gasteiger partial charge in [0.25, 0.3) is 5.56 Å². The van der Waals surface area contributed by atoms with Crippen molar-refractivity contribution < 1.29 is 4.79 Å². The van der Waals surface area contributed by atoms with Crippen molar-refractivity contribution in [1.82, 2.24) is 29.3 Å². The van der Waals surface area contributed by atoms with E-state index < -0.39 is 0 Å². The third-order valence-electron chi connectivity index (χ3n) is 10.8. The molecule has 2 aromatic carbocycles. The van der Waals surface area contributed by atoms with Crippen molar-refractivity contribution >= 4 is 40.1 Å². The van der Waals surface area contributed by atoms with Crippen molar-refractivity contribution in [1.29, 1.82) is 0 Å². The molecular weight excluding hydrogens is 612 g/mol. The zero-order chi connectivity index (χ0) is 33.0. The highest BCUT2D eigenvalue weighted by atomic mass is 35.5. The molecule has 1 unspecified atom stereocenters. The Hall–Kier alpha value is -4.18. The summed E-state index contributed by atoms with van der Waals surface area (Å²) in [6.07, 6.45) is 6.55. The van der Waals surface area contributed by atoms with Crippen LogP contribution in [0.5, 0.6) is 0 Å². The number of amides is 1. The Morgan fingerprint density at radius 3 is 2.60 bits per heavy atom. The van der Waals surface area contributed by atoms with Gasteiger partial charge in [0.2, 0.25) is 5.91 Å². The summed E-state index contributed by atoms with van der Waals surface area (Å²) in [5.41, 5.74) is 3.28. The lowest BCUT2D eigenvalue weighted by atomic mass is 9.45. The van der Waals surface area contributed by atoms with Crippen molar-refractivity contribution in [2.24, 2.45) is 35.2 Å². The Labute approximate surface area is 280 Å². The molecule has 4 aromatic rings. The number of fused-ring (bicyclic) bond motifs is 3. The SMILES string of the molecule is C[C@@H]1C(/N=C(/Nc2ccc3c(=O)n(CCc4ccc(Cl)cc4)c(-c4cn(C)cn4)nc3c2)N2CC(=O)N[C@@H](C)C2)C[C@H]2C[C@@H]1C2(C)C. The van der Waals surface area contributed by atoms with Gasteiger partial charge in [-0.3, -0.25) is 14.2 Å². The molecular formula is C36H43ClN8O2. The van der Waals surface area contributed by atoms with Gasteiger partial charge in [-0.2, -0.15) is 0 Å². The van der Waals surface area contributed by atoms with Crippen LogP contribution in [-0.4, -0.2) is 61.0 Å². The Morgan fingerprint density at radius 1 is 1.13 bits per heavy atom. The maximum Gasteiger partial charge on any atom is 0.261 e. The van der Waals surface area contributed by atoms with Crippen molar-refractivity contribution in [3.63, 3.8) is 0 Å². The normalized spacial score (nSPS) is 25.4. The fourth-order valence-electron chi connectivity index (χ4n) is 7.99. The largest absolute Gasteiger partial charge is 0.350 e. The lowest BCUT2D eigenvalue weighted by Crippen LogP contribution is -2.58. The Bertz CT molecular complexity index is 1910. The molecule has 2 bridgehead atoms. The van der Waals surface area contributed by atoms with Gasteiger partial charge < -0.3 is 20.1 Å². The number of guanidine groups is 1. The van der Waals surface area contributed by atoms with Gasteiger partial charge in [0.15, 0.2) is 11.8 Å². The van der Waals surface area contributed by atoms with E-state index in [-0.39, 0.29) is 30.1 Å². The van der Waals surface area contributed by atoms with E-state index in [4.69, 9.17) is 21.6 Å². The second kappa shape index (κ2) is 12.1. The lowest BCUT2D eigenvalue weighted by molar-refractivity contribution is -0.124. The summed E-state index contributed by atoms with van der Waals surface area (Å²) in [5.74, 6) is 2.97. The highest BCUT2D eigenvalue weighted by Gasteiger charge is 2.56. The van der Waals surface area contributed by atoms with E-state index in [1.807, 2.05) is 72.1 Å². The molecule has 0 spiro atoms. The molecule has 1 saturated heterocycles. The fourth-order valence-corrected chi connectivity index (χ4v) is 8.12. The number of nitrogens with zero attached hydrogens (tertiary/aromatic N) is 6. The second-order valence-corrected chi connectivity index (χ2v) is 14.8. The van der Waals surface area contributed by atoms with Gasteiger partial charge in [-0.15, -0.1) is 0 Å². The molecule has 3 saturated carbocycles. The molecule has 1 aliphatic heterocycles. The van der Waals surface area contributed by atoms with Crippen LogP contribution in [0.1, 0.15) is 46.1 Å². The van der Waals surface area contributed by atoms with Crippen molar-refractivity contribution in [2.45, 2.75) is 65.6 Å². The molecule has 8 rings (SSSR count). The second-order valence-electron chi connectivity index (χ2n) is 14.4. The third kappa shape index (κ3) is 6.04. The van der Waals surface area contributed by atoms with Crippen LogP contribution in [-0.2, 0) is 24.8 Å². The number of hydrogen-bond donors (Lipinski definition) is 2. The number of nitrogens with one attached hydrogen (secondary N) is 2. The molecule has 246 valence electrons. The van der Waals surface area contributed by atoms with Crippen LogP contribution >= 0.6 is 11.6 Å². The monoisotopic (exact) mass is 654 g/mol. The molecule has 1 amide bonds. The lowest BCUT2D eigenvalue weighted by Gasteiger charge is -2.61. The maximum atomic E-state index is 14.0. The smallest absolute Gasteiger partial charge is 0.261 e. The predicted octanol–water partition coefficient (Wildman–Crippen LogP) is 5.35. The Balaban J connectivity index is 1.24. The van der Waals surface area contributed by atoms with E-state index in [0.717, 1.165) is 17.7 Å². The van der Waals surface area contributed by atoms with Crippen LogP contribution in [0.25, 0.3) is 22.4 Å². The molecule has 2 N–H and O–H groups in total. The summed E-state index contributed by atoms with van der Waals surface area (Å²) in [4.78, 5) is 43.6. The number of piperazine rings is 1. The van der Waals surface area contributed by atoms with E-state index in [0.29, 0.717) is 76.1 Å². The van der Waals surface area contributed by atoms with Crippen LogP contribution in [0.4, 0.5) is 5.69 Å². The summed E-state index contributed by atoms with van der Waals surface area (Å²) in [6.45, 7) is 10.5. The summed E-state index contributed by atoms with van der Waals surface area (Å²) in [5, 5.41) is 7.79. The first-order valence-corrected chi connectivity index (χ1v) is 17.0. The number of hydrogen-bond acceptors (Lipinski definition) is 5. The van der Waals surface area contributed by atoms with Gasteiger partial charge in [0.1, 0.15) is 5.69 Å². The number of anilines is 1. The molecule has 4 aliphatic rings. The average Bonchev–Trinajstić information content (AvgIpc) is 3.47. The van der Waals surface area contributed by atoms with Crippen LogP contribution in [0.15, 0.2) is 64.8 Å². The number of benzene rings is 2. The number of carbonyl (C=O) groups excluding carboxylic acids is 1. The Morgan fingerprint density at radius 2 is 1.91 bits per heavy atom. The van der Waals surface area contributed by atoms with Gasteiger partial charge in [-0.25, -0.2) is 15.0 Å². The zero-order valence-electron chi connectivity index (χ0n) is 27.7. The van der Waals surface area contributed by atoms with Gasteiger partial charge in [0.05, 0.1) is 29.8 Å². The molecule has 11 heteroatoms. The summed E-state index contributed by atoms with van der Waals surface area (Å²) in [7, 11) is 1.90. The minimum Gasteiger partial charge on any atom is -0.350 e. The van der Waals surface area contributed by atoms with Gasteiger partial charge in [-0.05, 0) is 85.3 Å². The quantitative estimate of drug-likeness (QED) is 0.214. The number of aromatic nitrogens is 4. The van der Waals surface area contributed by atoms with Crippen LogP contribution in [0.3, 0.4) is 0 Å².